The highest BCUT2D eigenvalue weighted by molar-refractivity contribution is 6.07. The van der Waals surface area contributed by atoms with Crippen LogP contribution in [0.15, 0.2) is 54.6 Å². The molecule has 0 spiro atoms. The number of carbonyl (C=O) groups is 1. The third-order valence-electron chi connectivity index (χ3n) is 2.48. The smallest absolute Gasteiger partial charge is 0.185 e. The van der Waals surface area contributed by atoms with Crippen molar-refractivity contribution in [1.82, 2.24) is 0 Å². The Kier molecular flexibility index (Phi) is 3.44. The number of ketones is 1. The topological polar surface area (TPSA) is 57.5 Å². The Bertz CT molecular complexity index is 600. The van der Waals surface area contributed by atoms with Crippen molar-refractivity contribution in [3.8, 4) is 11.5 Å². The second-order valence-electron chi connectivity index (χ2n) is 3.81. The summed E-state index contributed by atoms with van der Waals surface area (Å²) < 4.78 is 0. The van der Waals surface area contributed by atoms with Gasteiger partial charge < -0.3 is 10.2 Å². The van der Waals surface area contributed by atoms with Crippen molar-refractivity contribution in [2.75, 3.05) is 0 Å². The van der Waals surface area contributed by atoms with E-state index in [1.54, 1.807) is 42.5 Å². The zero-order valence-corrected chi connectivity index (χ0v) is 9.58. The minimum Gasteiger partial charge on any atom is -0.508 e. The van der Waals surface area contributed by atoms with Crippen LogP contribution in [0.2, 0.25) is 0 Å². The van der Waals surface area contributed by atoms with Gasteiger partial charge in [0.2, 0.25) is 0 Å². The fourth-order valence-corrected chi connectivity index (χ4v) is 1.55. The molecule has 0 aliphatic rings. The number of phenols is 2. The standard InChI is InChI=1S/C15H12O3/c16-13-6-3-5-12(10-13)15(18)9-8-11-4-1-2-7-14(11)17/h1-10,16-17H/b9-8+. The van der Waals surface area contributed by atoms with Crippen LogP contribution in [0.25, 0.3) is 6.08 Å². The first-order chi connectivity index (χ1) is 8.66. The lowest BCUT2D eigenvalue weighted by molar-refractivity contribution is 0.104. The summed E-state index contributed by atoms with van der Waals surface area (Å²) in [7, 11) is 0. The minimum absolute atomic E-state index is 0.0526. The lowest BCUT2D eigenvalue weighted by Gasteiger charge is -1.98. The number of carbonyl (C=O) groups excluding carboxylic acids is 1. The van der Waals surface area contributed by atoms with E-state index in [1.165, 1.54) is 18.2 Å². The molecule has 2 rings (SSSR count). The van der Waals surface area contributed by atoms with Crippen molar-refractivity contribution in [2.24, 2.45) is 0 Å². The highest BCUT2D eigenvalue weighted by atomic mass is 16.3. The van der Waals surface area contributed by atoms with E-state index in [1.807, 2.05) is 0 Å². The number of aromatic hydroxyl groups is 2. The second kappa shape index (κ2) is 5.19. The maximum absolute atomic E-state index is 11.8. The number of benzene rings is 2. The summed E-state index contributed by atoms with van der Waals surface area (Å²) in [6.45, 7) is 0. The van der Waals surface area contributed by atoms with Gasteiger partial charge in [0, 0.05) is 11.1 Å². The van der Waals surface area contributed by atoms with Gasteiger partial charge in [-0.25, -0.2) is 0 Å². The van der Waals surface area contributed by atoms with E-state index in [9.17, 15) is 15.0 Å². The minimum atomic E-state index is -0.228. The molecule has 0 amide bonds. The normalized spacial score (nSPS) is 10.7. The fourth-order valence-electron chi connectivity index (χ4n) is 1.55. The number of hydrogen-bond donors (Lipinski definition) is 2. The van der Waals surface area contributed by atoms with Crippen LogP contribution in [0.3, 0.4) is 0 Å². The van der Waals surface area contributed by atoms with Gasteiger partial charge in [0.15, 0.2) is 5.78 Å². The SMILES string of the molecule is O=C(/C=C/c1ccccc1O)c1cccc(O)c1. The Hall–Kier alpha value is -2.55. The first kappa shape index (κ1) is 11.9. The third kappa shape index (κ3) is 2.77. The van der Waals surface area contributed by atoms with Crippen LogP contribution in [0.4, 0.5) is 0 Å². The molecule has 0 aliphatic carbocycles. The molecule has 2 aromatic carbocycles. The molecule has 18 heavy (non-hydrogen) atoms. The highest BCUT2D eigenvalue weighted by Gasteiger charge is 2.02. The molecule has 3 heteroatoms. The van der Waals surface area contributed by atoms with Gasteiger partial charge in [-0.05, 0) is 30.4 Å². The summed E-state index contributed by atoms with van der Waals surface area (Å²) in [5.41, 5.74) is 0.979. The van der Waals surface area contributed by atoms with Crippen LogP contribution < -0.4 is 0 Å². The molecule has 0 heterocycles. The summed E-state index contributed by atoms with van der Waals surface area (Å²) in [5, 5.41) is 18.8. The first-order valence-electron chi connectivity index (χ1n) is 5.46. The van der Waals surface area contributed by atoms with Crippen molar-refractivity contribution >= 4 is 11.9 Å². The quantitative estimate of drug-likeness (QED) is 0.640. The predicted octanol–water partition coefficient (Wildman–Crippen LogP) is 2.99. The van der Waals surface area contributed by atoms with Crippen molar-refractivity contribution in [3.63, 3.8) is 0 Å². The van der Waals surface area contributed by atoms with E-state index in [-0.39, 0.29) is 17.3 Å². The van der Waals surface area contributed by atoms with Crippen molar-refractivity contribution < 1.29 is 15.0 Å². The molecule has 2 aromatic rings. The molecule has 0 aliphatic heterocycles. The zero-order chi connectivity index (χ0) is 13.0. The van der Waals surface area contributed by atoms with Gasteiger partial charge in [0.05, 0.1) is 0 Å². The molecule has 0 fully saturated rings. The highest BCUT2D eigenvalue weighted by Crippen LogP contribution is 2.18. The van der Waals surface area contributed by atoms with E-state index >= 15 is 0 Å². The second-order valence-corrected chi connectivity index (χ2v) is 3.81. The average Bonchev–Trinajstić information content (AvgIpc) is 2.37. The fraction of sp³-hybridized carbons (Fsp3) is 0. The largest absolute Gasteiger partial charge is 0.508 e. The Morgan fingerprint density at radius 2 is 1.78 bits per heavy atom. The van der Waals surface area contributed by atoms with Gasteiger partial charge in [0.1, 0.15) is 11.5 Å². The van der Waals surface area contributed by atoms with Crippen molar-refractivity contribution in [3.05, 3.63) is 65.7 Å². The van der Waals surface area contributed by atoms with E-state index in [4.69, 9.17) is 0 Å². The summed E-state index contributed by atoms with van der Waals surface area (Å²) in [6, 6.07) is 12.9. The van der Waals surface area contributed by atoms with Gasteiger partial charge >= 0.3 is 0 Å². The van der Waals surface area contributed by atoms with E-state index in [2.05, 4.69) is 0 Å². The Balaban J connectivity index is 2.20. The molecular weight excluding hydrogens is 228 g/mol. The molecule has 0 radical (unpaired) electrons. The average molecular weight is 240 g/mol. The molecule has 0 unspecified atom stereocenters. The molecule has 2 N–H and O–H groups in total. The number of rotatable bonds is 3. The predicted molar refractivity (Wildman–Crippen MR) is 69.6 cm³/mol. The number of hydrogen-bond acceptors (Lipinski definition) is 3. The molecule has 0 atom stereocenters. The maximum Gasteiger partial charge on any atom is 0.185 e. The molecule has 0 saturated carbocycles. The Morgan fingerprint density at radius 1 is 1.00 bits per heavy atom. The summed E-state index contributed by atoms with van der Waals surface area (Å²) in [4.78, 5) is 11.8. The van der Waals surface area contributed by atoms with Crippen molar-refractivity contribution in [1.29, 1.82) is 0 Å². The molecule has 0 saturated heterocycles. The van der Waals surface area contributed by atoms with Crippen LogP contribution in [0.1, 0.15) is 15.9 Å². The molecule has 0 bridgehead atoms. The van der Waals surface area contributed by atoms with Gasteiger partial charge in [-0.15, -0.1) is 0 Å². The lowest BCUT2D eigenvalue weighted by Crippen LogP contribution is -1.93. The van der Waals surface area contributed by atoms with Gasteiger partial charge in [-0.1, -0.05) is 30.3 Å². The number of allylic oxidation sites excluding steroid dienone is 1. The van der Waals surface area contributed by atoms with Crippen LogP contribution >= 0.6 is 0 Å². The molecular formula is C15H12O3. The summed E-state index contributed by atoms with van der Waals surface area (Å²) in [6.07, 6.45) is 2.91. The summed E-state index contributed by atoms with van der Waals surface area (Å²) in [5.74, 6) is -0.0524. The van der Waals surface area contributed by atoms with Crippen LogP contribution in [-0.2, 0) is 0 Å². The van der Waals surface area contributed by atoms with Gasteiger partial charge in [-0.2, -0.15) is 0 Å². The first-order valence-corrected chi connectivity index (χ1v) is 5.46. The van der Waals surface area contributed by atoms with Gasteiger partial charge in [0.25, 0.3) is 0 Å². The van der Waals surface area contributed by atoms with Crippen LogP contribution in [-0.4, -0.2) is 16.0 Å². The maximum atomic E-state index is 11.8. The summed E-state index contributed by atoms with van der Waals surface area (Å²) >= 11 is 0. The Labute approximate surface area is 105 Å². The monoisotopic (exact) mass is 240 g/mol. The zero-order valence-electron chi connectivity index (χ0n) is 9.58. The van der Waals surface area contributed by atoms with Crippen molar-refractivity contribution in [2.45, 2.75) is 0 Å². The van der Waals surface area contributed by atoms with Crippen LogP contribution in [0.5, 0.6) is 11.5 Å². The van der Waals surface area contributed by atoms with Crippen LogP contribution in [0, 0.1) is 0 Å². The molecule has 0 aromatic heterocycles. The van der Waals surface area contributed by atoms with E-state index in [0.717, 1.165) is 0 Å². The van der Waals surface area contributed by atoms with E-state index < -0.39 is 0 Å². The number of phenolic OH excluding ortho intramolecular Hbond substituents is 2. The molecule has 3 nitrogen and oxygen atoms in total. The lowest BCUT2D eigenvalue weighted by atomic mass is 10.1. The Morgan fingerprint density at radius 3 is 2.50 bits per heavy atom. The third-order valence-corrected chi connectivity index (χ3v) is 2.48. The van der Waals surface area contributed by atoms with E-state index in [0.29, 0.717) is 11.1 Å². The van der Waals surface area contributed by atoms with Gasteiger partial charge in [-0.3, -0.25) is 4.79 Å². The molecule has 90 valence electrons. The number of para-hydroxylation sites is 1.